The summed E-state index contributed by atoms with van der Waals surface area (Å²) in [6, 6.07) is 17.4. The Labute approximate surface area is 184 Å². The first kappa shape index (κ1) is 20.9. The quantitative estimate of drug-likeness (QED) is 0.363. The highest BCUT2D eigenvalue weighted by molar-refractivity contribution is 6.00. The molecule has 162 valence electrons. The van der Waals surface area contributed by atoms with Crippen molar-refractivity contribution in [1.82, 2.24) is 20.0 Å². The van der Waals surface area contributed by atoms with Crippen LogP contribution >= 0.6 is 0 Å². The second-order valence-electron chi connectivity index (χ2n) is 7.29. The first-order valence-electron chi connectivity index (χ1n) is 10.1. The number of benzene rings is 2. The van der Waals surface area contributed by atoms with Gasteiger partial charge in [-0.25, -0.2) is 4.79 Å². The topological polar surface area (TPSA) is 117 Å². The molecule has 0 saturated carbocycles. The molecule has 1 atom stereocenters. The van der Waals surface area contributed by atoms with Gasteiger partial charge in [0.1, 0.15) is 6.04 Å². The van der Waals surface area contributed by atoms with Gasteiger partial charge in [0.05, 0.1) is 5.69 Å². The Morgan fingerprint density at radius 3 is 2.50 bits per heavy atom. The number of nitrogens with one attached hydrogen (secondary N) is 4. The van der Waals surface area contributed by atoms with Gasteiger partial charge in [0.15, 0.2) is 5.82 Å². The van der Waals surface area contributed by atoms with Crippen molar-refractivity contribution >= 4 is 29.1 Å². The zero-order chi connectivity index (χ0) is 22.5. The zero-order valence-electron chi connectivity index (χ0n) is 17.7. The maximum atomic E-state index is 12.4. The number of rotatable bonds is 6. The molecule has 1 unspecified atom stereocenters. The second-order valence-corrected chi connectivity index (χ2v) is 7.29. The molecule has 2 heterocycles. The van der Waals surface area contributed by atoms with Crippen LogP contribution in [0.15, 0.2) is 73.1 Å². The van der Waals surface area contributed by atoms with Gasteiger partial charge in [-0.1, -0.05) is 30.3 Å². The molecule has 3 amide bonds. The van der Waals surface area contributed by atoms with Gasteiger partial charge in [0.25, 0.3) is 0 Å². The van der Waals surface area contributed by atoms with Crippen LogP contribution in [-0.4, -0.2) is 31.9 Å². The predicted octanol–water partition coefficient (Wildman–Crippen LogP) is 4.43. The van der Waals surface area contributed by atoms with Crippen molar-refractivity contribution in [2.75, 3.05) is 16.0 Å². The molecule has 9 nitrogen and oxygen atoms in total. The van der Waals surface area contributed by atoms with Gasteiger partial charge >= 0.3 is 6.03 Å². The van der Waals surface area contributed by atoms with Crippen molar-refractivity contribution in [1.29, 1.82) is 0 Å². The molecule has 0 fully saturated rings. The SMILES string of the molecule is Cc1ccccc1-c1cc(NC(=O)Nc2cccc(NC(=O)C(C)n3cccn3)c2)n[nH]1. The lowest BCUT2D eigenvalue weighted by molar-refractivity contribution is -0.119. The van der Waals surface area contributed by atoms with E-state index in [1.165, 1.54) is 0 Å². The number of aromatic amines is 1. The van der Waals surface area contributed by atoms with E-state index in [0.29, 0.717) is 17.2 Å². The Kier molecular flexibility index (Phi) is 5.98. The highest BCUT2D eigenvalue weighted by Gasteiger charge is 2.15. The molecule has 0 bridgehead atoms. The number of aromatic nitrogens is 4. The van der Waals surface area contributed by atoms with E-state index in [-0.39, 0.29) is 5.91 Å². The Bertz CT molecular complexity index is 1230. The minimum absolute atomic E-state index is 0.212. The van der Waals surface area contributed by atoms with E-state index in [1.54, 1.807) is 60.4 Å². The highest BCUT2D eigenvalue weighted by atomic mass is 16.2. The third kappa shape index (κ3) is 4.84. The van der Waals surface area contributed by atoms with E-state index in [0.717, 1.165) is 16.8 Å². The second kappa shape index (κ2) is 9.17. The number of carbonyl (C=O) groups excluding carboxylic acids is 2. The number of carbonyl (C=O) groups is 2. The van der Waals surface area contributed by atoms with Crippen molar-refractivity contribution < 1.29 is 9.59 Å². The molecule has 0 radical (unpaired) electrons. The molecule has 32 heavy (non-hydrogen) atoms. The fraction of sp³-hybridized carbons (Fsp3) is 0.130. The Morgan fingerprint density at radius 2 is 1.75 bits per heavy atom. The van der Waals surface area contributed by atoms with E-state index in [9.17, 15) is 9.59 Å². The van der Waals surface area contributed by atoms with Gasteiger partial charge < -0.3 is 10.6 Å². The van der Waals surface area contributed by atoms with Crippen LogP contribution in [0.3, 0.4) is 0 Å². The molecule has 0 saturated heterocycles. The third-order valence-corrected chi connectivity index (χ3v) is 4.94. The van der Waals surface area contributed by atoms with Gasteiger partial charge in [0, 0.05) is 35.4 Å². The predicted molar refractivity (Wildman–Crippen MR) is 123 cm³/mol. The summed E-state index contributed by atoms with van der Waals surface area (Å²) in [5.41, 5.74) is 4.03. The van der Waals surface area contributed by atoms with Crippen molar-refractivity contribution in [2.24, 2.45) is 0 Å². The molecule has 0 aliphatic carbocycles. The standard InChI is InChI=1S/C23H23N7O2/c1-15-7-3-4-10-19(15)20-14-21(29-28-20)27-23(32)26-18-9-5-8-17(13-18)25-22(31)16(2)30-12-6-11-24-30/h3-14,16H,1-2H3,(H,25,31)(H3,26,27,28,29,32). The first-order valence-corrected chi connectivity index (χ1v) is 10.1. The average molecular weight is 429 g/mol. The minimum Gasteiger partial charge on any atom is -0.324 e. The van der Waals surface area contributed by atoms with Crippen LogP contribution in [-0.2, 0) is 4.79 Å². The normalized spacial score (nSPS) is 11.6. The molecular formula is C23H23N7O2. The number of H-pyrrole nitrogens is 1. The number of anilines is 3. The van der Waals surface area contributed by atoms with Crippen molar-refractivity contribution in [3.63, 3.8) is 0 Å². The molecule has 0 aliphatic heterocycles. The number of amides is 3. The lowest BCUT2D eigenvalue weighted by Gasteiger charge is -2.13. The summed E-state index contributed by atoms with van der Waals surface area (Å²) >= 11 is 0. The molecule has 4 aromatic rings. The van der Waals surface area contributed by atoms with Crippen molar-refractivity contribution in [3.8, 4) is 11.3 Å². The van der Waals surface area contributed by atoms with Gasteiger partial charge in [0.2, 0.25) is 5.91 Å². The summed E-state index contributed by atoms with van der Waals surface area (Å²) in [5, 5.41) is 19.5. The van der Waals surface area contributed by atoms with Crippen LogP contribution in [0.25, 0.3) is 11.3 Å². The summed E-state index contributed by atoms with van der Waals surface area (Å²) < 4.78 is 1.57. The Balaban J connectivity index is 1.37. The van der Waals surface area contributed by atoms with E-state index >= 15 is 0 Å². The molecule has 0 spiro atoms. The number of nitrogens with zero attached hydrogens (tertiary/aromatic N) is 3. The number of hydrogen-bond donors (Lipinski definition) is 4. The van der Waals surface area contributed by atoms with Crippen molar-refractivity contribution in [3.05, 3.63) is 78.6 Å². The molecule has 9 heteroatoms. The van der Waals surface area contributed by atoms with Crippen molar-refractivity contribution in [2.45, 2.75) is 19.9 Å². The molecule has 4 N–H and O–H groups in total. The summed E-state index contributed by atoms with van der Waals surface area (Å²) in [7, 11) is 0. The number of urea groups is 1. The largest absolute Gasteiger partial charge is 0.324 e. The fourth-order valence-corrected chi connectivity index (χ4v) is 3.23. The Hall–Kier alpha value is -4.40. The highest BCUT2D eigenvalue weighted by Crippen LogP contribution is 2.23. The lowest BCUT2D eigenvalue weighted by atomic mass is 10.1. The van der Waals surface area contributed by atoms with E-state index in [4.69, 9.17) is 0 Å². The van der Waals surface area contributed by atoms with Crippen LogP contribution in [0.1, 0.15) is 18.5 Å². The fourth-order valence-electron chi connectivity index (χ4n) is 3.23. The van der Waals surface area contributed by atoms with Gasteiger partial charge in [-0.05, 0) is 43.7 Å². The first-order chi connectivity index (χ1) is 15.5. The maximum absolute atomic E-state index is 12.4. The smallest absolute Gasteiger partial charge is 0.324 e. The van der Waals surface area contributed by atoms with Crippen LogP contribution in [0, 0.1) is 6.92 Å². The average Bonchev–Trinajstić information content (AvgIpc) is 3.46. The monoisotopic (exact) mass is 429 g/mol. The zero-order valence-corrected chi connectivity index (χ0v) is 17.7. The van der Waals surface area contributed by atoms with Gasteiger partial charge in [-0.15, -0.1) is 0 Å². The molecule has 4 rings (SSSR count). The van der Waals surface area contributed by atoms with E-state index < -0.39 is 12.1 Å². The summed E-state index contributed by atoms with van der Waals surface area (Å²) in [4.78, 5) is 24.9. The number of hydrogen-bond acceptors (Lipinski definition) is 4. The van der Waals surface area contributed by atoms with Crippen LogP contribution in [0.2, 0.25) is 0 Å². The van der Waals surface area contributed by atoms with E-state index in [1.807, 2.05) is 31.2 Å². The van der Waals surface area contributed by atoms with Gasteiger partial charge in [-0.2, -0.15) is 10.2 Å². The van der Waals surface area contributed by atoms with Crippen LogP contribution < -0.4 is 16.0 Å². The third-order valence-electron chi connectivity index (χ3n) is 4.94. The van der Waals surface area contributed by atoms with Crippen LogP contribution in [0.4, 0.5) is 22.0 Å². The summed E-state index contributed by atoms with van der Waals surface area (Å²) in [5.74, 6) is 0.189. The van der Waals surface area contributed by atoms with Gasteiger partial charge in [-0.3, -0.25) is 19.9 Å². The molecular weight excluding hydrogens is 406 g/mol. The lowest BCUT2D eigenvalue weighted by Crippen LogP contribution is -2.24. The molecule has 2 aromatic carbocycles. The molecule has 0 aliphatic rings. The summed E-state index contributed by atoms with van der Waals surface area (Å²) in [6.07, 6.45) is 3.35. The minimum atomic E-state index is -0.466. The maximum Gasteiger partial charge on any atom is 0.324 e. The Morgan fingerprint density at radius 1 is 0.969 bits per heavy atom. The number of aryl methyl sites for hydroxylation is 1. The van der Waals surface area contributed by atoms with Crippen LogP contribution in [0.5, 0.6) is 0 Å². The summed E-state index contributed by atoms with van der Waals surface area (Å²) in [6.45, 7) is 3.77. The molecule has 2 aromatic heterocycles. The van der Waals surface area contributed by atoms with E-state index in [2.05, 4.69) is 31.2 Å².